The molecule has 1 aromatic rings. The lowest BCUT2D eigenvalue weighted by atomic mass is 10.3. The van der Waals surface area contributed by atoms with Gasteiger partial charge in [-0.2, -0.15) is 0 Å². The molecule has 0 aliphatic carbocycles. The third kappa shape index (κ3) is 1.72. The number of aromatic amines is 2. The maximum absolute atomic E-state index is 11.4. The number of urea groups is 1. The van der Waals surface area contributed by atoms with Crippen molar-refractivity contribution in [2.45, 2.75) is 6.42 Å². The topological polar surface area (TPSA) is 115 Å². The molecule has 1 fully saturated rings. The van der Waals surface area contributed by atoms with Gasteiger partial charge in [0.2, 0.25) is 5.91 Å². The highest BCUT2D eigenvalue weighted by Crippen LogP contribution is 2.09. The minimum absolute atomic E-state index is 0.00426. The largest absolute Gasteiger partial charge is 0.328 e. The van der Waals surface area contributed by atoms with E-state index in [1.807, 2.05) is 4.98 Å². The Morgan fingerprint density at radius 2 is 1.94 bits per heavy atom. The fourth-order valence-corrected chi connectivity index (χ4v) is 1.40. The van der Waals surface area contributed by atoms with E-state index in [0.29, 0.717) is 0 Å². The number of hydrogen-bond acceptors (Lipinski definition) is 4. The smallest absolute Gasteiger partial charge is 0.312 e. The Hall–Kier alpha value is -2.38. The van der Waals surface area contributed by atoms with E-state index < -0.39 is 17.3 Å². The normalized spacial score (nSPS) is 16.1. The van der Waals surface area contributed by atoms with Crippen molar-refractivity contribution >= 4 is 17.6 Å². The number of H-pyrrole nitrogens is 2. The van der Waals surface area contributed by atoms with E-state index >= 15 is 0 Å². The van der Waals surface area contributed by atoms with Crippen molar-refractivity contribution in [1.29, 1.82) is 0 Å². The van der Waals surface area contributed by atoms with Crippen molar-refractivity contribution in [3.05, 3.63) is 27.0 Å². The van der Waals surface area contributed by atoms with Gasteiger partial charge in [-0.1, -0.05) is 0 Å². The lowest BCUT2D eigenvalue weighted by Crippen LogP contribution is -2.51. The van der Waals surface area contributed by atoms with Gasteiger partial charge in [0.25, 0.3) is 5.56 Å². The predicted octanol–water partition coefficient (Wildman–Crippen LogP) is -1.49. The van der Waals surface area contributed by atoms with Gasteiger partial charge in [-0.05, 0) is 0 Å². The zero-order valence-electron chi connectivity index (χ0n) is 8.07. The van der Waals surface area contributed by atoms with E-state index in [0.717, 1.165) is 11.1 Å². The minimum atomic E-state index is -0.673. The molecule has 0 bridgehead atoms. The second-order valence-electron chi connectivity index (χ2n) is 3.21. The molecule has 84 valence electrons. The lowest BCUT2D eigenvalue weighted by molar-refractivity contribution is -0.120. The second-order valence-corrected chi connectivity index (χ2v) is 3.21. The summed E-state index contributed by atoms with van der Waals surface area (Å²) in [5.41, 5.74) is -1.32. The van der Waals surface area contributed by atoms with Gasteiger partial charge in [-0.25, -0.2) is 9.59 Å². The summed E-state index contributed by atoms with van der Waals surface area (Å²) in [6, 6.07) is -0.672. The van der Waals surface area contributed by atoms with Crippen LogP contribution in [0.4, 0.5) is 10.5 Å². The van der Waals surface area contributed by atoms with E-state index in [4.69, 9.17) is 0 Å². The van der Waals surface area contributed by atoms with Crippen molar-refractivity contribution in [3.63, 3.8) is 0 Å². The molecule has 0 saturated carbocycles. The van der Waals surface area contributed by atoms with Crippen LogP contribution in [0.2, 0.25) is 0 Å². The number of nitrogens with zero attached hydrogens (tertiary/aromatic N) is 1. The number of amides is 3. The molecule has 2 heterocycles. The zero-order valence-corrected chi connectivity index (χ0v) is 8.07. The summed E-state index contributed by atoms with van der Waals surface area (Å²) in [7, 11) is 0. The van der Waals surface area contributed by atoms with Crippen molar-refractivity contribution in [3.8, 4) is 0 Å². The van der Waals surface area contributed by atoms with Crippen LogP contribution in [0, 0.1) is 0 Å². The second kappa shape index (κ2) is 3.65. The average Bonchev–Trinajstić information content (AvgIpc) is 2.19. The SMILES string of the molecule is O=C1CCN(c2c[nH]c(=O)[nH]c2=O)C(=O)N1. The number of nitrogens with one attached hydrogen (secondary N) is 3. The first-order chi connectivity index (χ1) is 7.58. The van der Waals surface area contributed by atoms with Crippen molar-refractivity contribution in [2.75, 3.05) is 11.4 Å². The molecule has 0 spiro atoms. The molecule has 1 saturated heterocycles. The Labute approximate surface area is 88.3 Å². The molecule has 3 N–H and O–H groups in total. The van der Waals surface area contributed by atoms with Crippen LogP contribution in [0.3, 0.4) is 0 Å². The molecule has 1 aliphatic heterocycles. The number of rotatable bonds is 1. The van der Waals surface area contributed by atoms with Crippen molar-refractivity contribution in [2.24, 2.45) is 0 Å². The fraction of sp³-hybridized carbons (Fsp3) is 0.250. The van der Waals surface area contributed by atoms with E-state index in [9.17, 15) is 19.2 Å². The van der Waals surface area contributed by atoms with Crippen molar-refractivity contribution in [1.82, 2.24) is 15.3 Å². The van der Waals surface area contributed by atoms with Gasteiger partial charge in [-0.3, -0.25) is 24.8 Å². The summed E-state index contributed by atoms with van der Waals surface area (Å²) in [6.45, 7) is 0.111. The summed E-state index contributed by atoms with van der Waals surface area (Å²) < 4.78 is 0. The summed E-state index contributed by atoms with van der Waals surface area (Å²) in [5.74, 6) is -0.387. The van der Waals surface area contributed by atoms with Crippen LogP contribution in [0.1, 0.15) is 6.42 Å². The lowest BCUT2D eigenvalue weighted by Gasteiger charge is -2.25. The van der Waals surface area contributed by atoms with Gasteiger partial charge < -0.3 is 4.98 Å². The van der Waals surface area contributed by atoms with Gasteiger partial charge in [0.05, 0.1) is 0 Å². The van der Waals surface area contributed by atoms with Crippen LogP contribution in [0.15, 0.2) is 15.8 Å². The quantitative estimate of drug-likeness (QED) is 0.538. The standard InChI is InChI=1S/C8H8N4O4/c13-5-1-2-12(8(16)10-5)4-3-9-7(15)11-6(4)14/h3H,1-2H2,(H,10,13,16)(H2,9,11,14,15). The molecule has 8 nitrogen and oxygen atoms in total. The van der Waals surface area contributed by atoms with Crippen LogP contribution < -0.4 is 21.5 Å². The molecule has 1 aliphatic rings. The van der Waals surface area contributed by atoms with E-state index in [-0.39, 0.29) is 24.6 Å². The Morgan fingerprint density at radius 1 is 1.19 bits per heavy atom. The monoisotopic (exact) mass is 224 g/mol. The highest BCUT2D eigenvalue weighted by Gasteiger charge is 2.25. The van der Waals surface area contributed by atoms with E-state index in [1.165, 1.54) is 0 Å². The van der Waals surface area contributed by atoms with Crippen LogP contribution in [-0.4, -0.2) is 28.5 Å². The Morgan fingerprint density at radius 3 is 2.56 bits per heavy atom. The Balaban J connectivity index is 2.38. The predicted molar refractivity (Wildman–Crippen MR) is 53.2 cm³/mol. The van der Waals surface area contributed by atoms with Gasteiger partial charge in [-0.15, -0.1) is 0 Å². The molecule has 3 amide bonds. The molecular weight excluding hydrogens is 216 g/mol. The molecule has 0 radical (unpaired) electrons. The number of aromatic nitrogens is 2. The summed E-state index contributed by atoms with van der Waals surface area (Å²) in [6.07, 6.45) is 1.25. The molecule has 0 unspecified atom stereocenters. The first-order valence-electron chi connectivity index (χ1n) is 4.51. The van der Waals surface area contributed by atoms with Crippen LogP contribution >= 0.6 is 0 Å². The van der Waals surface area contributed by atoms with Gasteiger partial charge >= 0.3 is 11.7 Å². The third-order valence-corrected chi connectivity index (χ3v) is 2.14. The summed E-state index contributed by atoms with van der Waals surface area (Å²) in [4.78, 5) is 49.8. The average molecular weight is 224 g/mol. The molecule has 16 heavy (non-hydrogen) atoms. The highest BCUT2D eigenvalue weighted by molar-refractivity contribution is 6.05. The highest BCUT2D eigenvalue weighted by atomic mass is 16.2. The van der Waals surface area contributed by atoms with Gasteiger partial charge in [0.1, 0.15) is 5.69 Å². The Kier molecular flexibility index (Phi) is 2.31. The molecule has 0 atom stereocenters. The molecule has 2 rings (SSSR count). The number of carbonyl (C=O) groups is 2. The van der Waals surface area contributed by atoms with Crippen LogP contribution in [0.25, 0.3) is 0 Å². The maximum atomic E-state index is 11.4. The van der Waals surface area contributed by atoms with Crippen LogP contribution in [0.5, 0.6) is 0 Å². The number of imide groups is 1. The molecule has 8 heteroatoms. The molecular formula is C8H8N4O4. The number of anilines is 1. The van der Waals surface area contributed by atoms with Gasteiger partial charge in [0.15, 0.2) is 0 Å². The maximum Gasteiger partial charge on any atom is 0.328 e. The van der Waals surface area contributed by atoms with Crippen LogP contribution in [-0.2, 0) is 4.79 Å². The number of carbonyl (C=O) groups excluding carboxylic acids is 2. The first kappa shape index (κ1) is 10.1. The fourth-order valence-electron chi connectivity index (χ4n) is 1.40. The summed E-state index contributed by atoms with van der Waals surface area (Å²) in [5, 5.41) is 2.07. The molecule has 0 aromatic carbocycles. The van der Waals surface area contributed by atoms with Crippen molar-refractivity contribution < 1.29 is 9.59 Å². The first-order valence-corrected chi connectivity index (χ1v) is 4.51. The molecule has 1 aromatic heterocycles. The summed E-state index contributed by atoms with van der Waals surface area (Å²) >= 11 is 0. The number of hydrogen-bond donors (Lipinski definition) is 3. The zero-order chi connectivity index (χ0) is 11.7. The van der Waals surface area contributed by atoms with Gasteiger partial charge in [0, 0.05) is 19.2 Å². The van der Waals surface area contributed by atoms with E-state index in [2.05, 4.69) is 10.3 Å². The third-order valence-electron chi connectivity index (χ3n) is 2.14. The van der Waals surface area contributed by atoms with E-state index in [1.54, 1.807) is 0 Å². The minimum Gasteiger partial charge on any atom is -0.312 e. The Bertz CT molecular complexity index is 558.